The van der Waals surface area contributed by atoms with Crippen molar-refractivity contribution in [3.63, 3.8) is 0 Å². The molecule has 45 heavy (non-hydrogen) atoms. The molecule has 9 heteroatoms. The molecule has 0 bridgehead atoms. The van der Waals surface area contributed by atoms with E-state index in [4.69, 9.17) is 21.7 Å². The molecule has 6 rings (SSSR count). The van der Waals surface area contributed by atoms with E-state index in [2.05, 4.69) is 77.5 Å². The monoisotopic (exact) mass is 624 g/mol. The number of hydrogen-bond donors (Lipinski definition) is 2. The van der Waals surface area contributed by atoms with Gasteiger partial charge in [-0.25, -0.2) is 4.68 Å². The topological polar surface area (TPSA) is 94.7 Å². The number of nitriles is 1. The molecule has 3 heterocycles. The van der Waals surface area contributed by atoms with Crippen LogP contribution in [-0.2, 0) is 0 Å². The first-order valence-electron chi connectivity index (χ1n) is 16.4. The minimum atomic E-state index is -0.274. The number of nitrogens with zero attached hydrogens (tertiary/aromatic N) is 6. The van der Waals surface area contributed by atoms with Gasteiger partial charge in [-0.05, 0) is 71.1 Å². The van der Waals surface area contributed by atoms with Gasteiger partial charge in [-0.3, -0.25) is 9.88 Å². The zero-order valence-corrected chi connectivity index (χ0v) is 27.7. The zero-order chi connectivity index (χ0) is 31.6. The Kier molecular flexibility index (Phi) is 9.03. The fraction of sp³-hybridized carbons (Fsp3) is 0.500. The van der Waals surface area contributed by atoms with E-state index in [1.165, 1.54) is 25.7 Å². The van der Waals surface area contributed by atoms with Gasteiger partial charge in [0.05, 0.1) is 40.7 Å². The Morgan fingerprint density at radius 2 is 1.76 bits per heavy atom. The Hall–Kier alpha value is -3.67. The van der Waals surface area contributed by atoms with E-state index < -0.39 is 0 Å². The molecule has 1 saturated heterocycles. The van der Waals surface area contributed by atoms with Crippen LogP contribution in [0.3, 0.4) is 0 Å². The lowest BCUT2D eigenvalue weighted by Crippen LogP contribution is -2.46. The van der Waals surface area contributed by atoms with Crippen LogP contribution in [0.25, 0.3) is 10.9 Å². The number of pyridine rings is 1. The predicted molar refractivity (Wildman–Crippen MR) is 183 cm³/mol. The van der Waals surface area contributed by atoms with Crippen molar-refractivity contribution in [2.75, 3.05) is 23.7 Å². The van der Waals surface area contributed by atoms with Crippen molar-refractivity contribution in [2.24, 2.45) is 0 Å². The van der Waals surface area contributed by atoms with Crippen LogP contribution in [0.1, 0.15) is 108 Å². The molecule has 2 aromatic heterocycles. The van der Waals surface area contributed by atoms with Gasteiger partial charge < -0.3 is 10.6 Å². The average Bonchev–Trinajstić information content (AvgIpc) is 3.42. The predicted octanol–water partition coefficient (Wildman–Crippen LogP) is 8.51. The number of nitrogens with one attached hydrogen (secondary N) is 2. The molecule has 0 spiro atoms. The van der Waals surface area contributed by atoms with Gasteiger partial charge in [-0.15, -0.1) is 5.10 Å². The van der Waals surface area contributed by atoms with Gasteiger partial charge in [0, 0.05) is 40.8 Å². The summed E-state index contributed by atoms with van der Waals surface area (Å²) < 4.78 is 2.05. The first kappa shape index (κ1) is 31.3. The largest absolute Gasteiger partial charge is 0.378 e. The number of aromatic nitrogens is 4. The number of halogens is 1. The van der Waals surface area contributed by atoms with Crippen LogP contribution in [0.2, 0.25) is 5.02 Å². The molecule has 2 fully saturated rings. The second-order valence-corrected chi connectivity index (χ2v) is 14.5. The molecule has 8 nitrogen and oxygen atoms in total. The molecular formula is C36H45ClN8. The van der Waals surface area contributed by atoms with Crippen molar-refractivity contribution < 1.29 is 0 Å². The fourth-order valence-corrected chi connectivity index (χ4v) is 7.28. The molecular weight excluding hydrogens is 580 g/mol. The van der Waals surface area contributed by atoms with Crippen LogP contribution in [-0.4, -0.2) is 49.0 Å². The van der Waals surface area contributed by atoms with E-state index in [1.54, 1.807) is 6.20 Å². The highest BCUT2D eigenvalue weighted by Gasteiger charge is 2.30. The lowest BCUT2D eigenvalue weighted by Gasteiger charge is -2.40. The highest BCUT2D eigenvalue weighted by molar-refractivity contribution is 6.32. The van der Waals surface area contributed by atoms with Gasteiger partial charge in [0.2, 0.25) is 0 Å². The Morgan fingerprint density at radius 3 is 2.42 bits per heavy atom. The van der Waals surface area contributed by atoms with Gasteiger partial charge in [-0.1, -0.05) is 72.8 Å². The van der Waals surface area contributed by atoms with E-state index in [9.17, 15) is 5.26 Å². The van der Waals surface area contributed by atoms with Crippen molar-refractivity contribution in [2.45, 2.75) is 102 Å². The van der Waals surface area contributed by atoms with Crippen molar-refractivity contribution in [1.82, 2.24) is 24.9 Å². The molecule has 4 aromatic rings. The van der Waals surface area contributed by atoms with Gasteiger partial charge in [0.1, 0.15) is 11.8 Å². The summed E-state index contributed by atoms with van der Waals surface area (Å²) in [6.45, 7) is 11.2. The summed E-state index contributed by atoms with van der Waals surface area (Å²) in [4.78, 5) is 7.35. The van der Waals surface area contributed by atoms with Crippen LogP contribution in [0.15, 0.2) is 54.9 Å². The number of likely N-dealkylation sites (tertiary alicyclic amines) is 1. The maximum absolute atomic E-state index is 10.1. The third-order valence-corrected chi connectivity index (χ3v) is 9.95. The summed E-state index contributed by atoms with van der Waals surface area (Å²) in [5.41, 5.74) is 4.87. The molecule has 1 aliphatic heterocycles. The summed E-state index contributed by atoms with van der Waals surface area (Å²) in [5, 5.41) is 28.4. The molecule has 2 aromatic carbocycles. The number of fused-ring (bicyclic) bond motifs is 1. The summed E-state index contributed by atoms with van der Waals surface area (Å²) in [7, 11) is 0. The second kappa shape index (κ2) is 13.0. The van der Waals surface area contributed by atoms with Crippen LogP contribution < -0.4 is 10.6 Å². The standard InChI is InChI=1S/C36H45ClN8/c1-35(2,3)44-18-14-28(15-19-44)45-24-31(42-43-45)33(25-12-8-7-9-13-25)40-30-21-27(37)20-29-32(26(22-38)23-39-34(29)30)41-36(4)16-10-5-6-11-17-36/h7-9,12-13,20-21,23-24,28,33,40H,5-6,10-11,14-19H2,1-4H3,(H,39,41)/t33-/m0/s1. The summed E-state index contributed by atoms with van der Waals surface area (Å²) in [5.74, 6) is 0. The third-order valence-electron chi connectivity index (χ3n) is 9.73. The van der Waals surface area contributed by atoms with Gasteiger partial charge in [-0.2, -0.15) is 5.26 Å². The number of hydrogen-bond acceptors (Lipinski definition) is 7. The van der Waals surface area contributed by atoms with Gasteiger partial charge >= 0.3 is 0 Å². The first-order valence-corrected chi connectivity index (χ1v) is 16.8. The van der Waals surface area contributed by atoms with Gasteiger partial charge in [0.15, 0.2) is 0 Å². The molecule has 0 unspecified atom stereocenters. The first-order chi connectivity index (χ1) is 21.6. The van der Waals surface area contributed by atoms with Crippen LogP contribution in [0, 0.1) is 11.3 Å². The maximum Gasteiger partial charge on any atom is 0.109 e. The Balaban J connectivity index is 1.35. The average molecular weight is 625 g/mol. The van der Waals surface area contributed by atoms with E-state index in [0.29, 0.717) is 16.6 Å². The lowest BCUT2D eigenvalue weighted by molar-refractivity contribution is 0.0866. The normalized spacial score (nSPS) is 18.7. The molecule has 1 atom stereocenters. The molecule has 2 N–H and O–H groups in total. The highest BCUT2D eigenvalue weighted by atomic mass is 35.5. The molecule has 236 valence electrons. The van der Waals surface area contributed by atoms with Crippen molar-refractivity contribution in [1.29, 1.82) is 5.26 Å². The van der Waals surface area contributed by atoms with Crippen LogP contribution in [0.4, 0.5) is 11.4 Å². The number of rotatable bonds is 7. The third kappa shape index (κ3) is 6.95. The van der Waals surface area contributed by atoms with E-state index >= 15 is 0 Å². The second-order valence-electron chi connectivity index (χ2n) is 14.1. The smallest absolute Gasteiger partial charge is 0.109 e. The minimum Gasteiger partial charge on any atom is -0.378 e. The molecule has 0 amide bonds. The van der Waals surface area contributed by atoms with Crippen LogP contribution >= 0.6 is 11.6 Å². The fourth-order valence-electron chi connectivity index (χ4n) is 7.06. The number of benzene rings is 2. The minimum absolute atomic E-state index is 0.0968. The van der Waals surface area contributed by atoms with Gasteiger partial charge in [0.25, 0.3) is 0 Å². The summed E-state index contributed by atoms with van der Waals surface area (Å²) in [6, 6.07) is 16.6. The van der Waals surface area contributed by atoms with Crippen molar-refractivity contribution in [3.05, 3.63) is 76.7 Å². The Morgan fingerprint density at radius 1 is 1.04 bits per heavy atom. The van der Waals surface area contributed by atoms with E-state index in [1.807, 2.05) is 30.3 Å². The Labute approximate surface area is 272 Å². The SMILES string of the molecule is CC1(Nc2c(C#N)cnc3c(N[C@@H](c4ccccc4)c4cn(C5CCN(C(C)(C)C)CC5)nn4)cc(Cl)cc23)CCCCCC1. The van der Waals surface area contributed by atoms with Crippen molar-refractivity contribution in [3.8, 4) is 6.07 Å². The lowest BCUT2D eigenvalue weighted by atomic mass is 9.91. The van der Waals surface area contributed by atoms with E-state index in [0.717, 1.165) is 72.3 Å². The molecule has 1 aliphatic carbocycles. The van der Waals surface area contributed by atoms with Crippen LogP contribution in [0.5, 0.6) is 0 Å². The highest BCUT2D eigenvalue weighted by Crippen LogP contribution is 2.39. The number of anilines is 2. The molecule has 2 aliphatic rings. The maximum atomic E-state index is 10.1. The quantitative estimate of drug-likeness (QED) is 0.199. The van der Waals surface area contributed by atoms with E-state index in [-0.39, 0.29) is 17.1 Å². The summed E-state index contributed by atoms with van der Waals surface area (Å²) in [6.07, 6.45) is 12.8. The van der Waals surface area contributed by atoms with Crippen molar-refractivity contribution >= 4 is 33.9 Å². The zero-order valence-electron chi connectivity index (χ0n) is 27.0. The molecule has 0 radical (unpaired) electrons. The molecule has 1 saturated carbocycles. The summed E-state index contributed by atoms with van der Waals surface area (Å²) >= 11 is 6.81. The number of piperidine rings is 1. The Bertz CT molecular complexity index is 1650.